The van der Waals surface area contributed by atoms with Crippen molar-refractivity contribution in [1.82, 2.24) is 5.32 Å². The summed E-state index contributed by atoms with van der Waals surface area (Å²) >= 11 is 0. The van der Waals surface area contributed by atoms with Gasteiger partial charge in [0.05, 0.1) is 13.0 Å². The number of amides is 1. The highest BCUT2D eigenvalue weighted by Gasteiger charge is 2.44. The molecule has 1 atom stereocenters. The van der Waals surface area contributed by atoms with E-state index in [1.165, 1.54) is 7.05 Å². The van der Waals surface area contributed by atoms with Crippen LogP contribution in [0.25, 0.3) is 0 Å². The van der Waals surface area contributed by atoms with Gasteiger partial charge in [0.1, 0.15) is 5.71 Å². The van der Waals surface area contributed by atoms with Crippen molar-refractivity contribution in [3.05, 3.63) is 0 Å². The monoisotopic (exact) mass is 214 g/mol. The SMILES string of the molecule is CCOC(=O)C1(C)CC(C(=O)NC)=NO1. The summed E-state index contributed by atoms with van der Waals surface area (Å²) in [6, 6.07) is 0. The molecule has 6 heteroatoms. The zero-order valence-electron chi connectivity index (χ0n) is 8.99. The van der Waals surface area contributed by atoms with Crippen molar-refractivity contribution in [2.45, 2.75) is 25.9 Å². The van der Waals surface area contributed by atoms with Crippen LogP contribution in [0.3, 0.4) is 0 Å². The average molecular weight is 214 g/mol. The van der Waals surface area contributed by atoms with E-state index >= 15 is 0 Å². The molecule has 1 N–H and O–H groups in total. The van der Waals surface area contributed by atoms with Gasteiger partial charge in [-0.15, -0.1) is 0 Å². The number of ether oxygens (including phenoxy) is 1. The van der Waals surface area contributed by atoms with Crippen molar-refractivity contribution < 1.29 is 19.2 Å². The predicted octanol–water partition coefficient (Wildman–Crippen LogP) is -0.170. The molecule has 15 heavy (non-hydrogen) atoms. The van der Waals surface area contributed by atoms with Crippen LogP contribution in [0.2, 0.25) is 0 Å². The van der Waals surface area contributed by atoms with E-state index in [4.69, 9.17) is 9.57 Å². The summed E-state index contributed by atoms with van der Waals surface area (Å²) in [5.74, 6) is -0.851. The Morgan fingerprint density at radius 2 is 2.33 bits per heavy atom. The third kappa shape index (κ3) is 2.26. The molecule has 1 amide bonds. The number of rotatable bonds is 3. The maximum absolute atomic E-state index is 11.5. The minimum Gasteiger partial charge on any atom is -0.463 e. The summed E-state index contributed by atoms with van der Waals surface area (Å²) in [4.78, 5) is 27.6. The van der Waals surface area contributed by atoms with Gasteiger partial charge in [-0.1, -0.05) is 5.16 Å². The number of hydrogen-bond acceptors (Lipinski definition) is 5. The number of oxime groups is 1. The lowest BCUT2D eigenvalue weighted by molar-refractivity contribution is -0.166. The fourth-order valence-corrected chi connectivity index (χ4v) is 1.20. The summed E-state index contributed by atoms with van der Waals surface area (Å²) in [6.45, 7) is 3.52. The molecule has 0 fully saturated rings. The molecule has 0 aromatic carbocycles. The molecule has 1 aliphatic rings. The third-order valence-corrected chi connectivity index (χ3v) is 2.06. The molecule has 0 spiro atoms. The van der Waals surface area contributed by atoms with Gasteiger partial charge in [-0.3, -0.25) is 4.79 Å². The van der Waals surface area contributed by atoms with Crippen LogP contribution in [-0.4, -0.2) is 36.8 Å². The summed E-state index contributed by atoms with van der Waals surface area (Å²) in [5, 5.41) is 5.98. The Labute approximate surface area is 87.6 Å². The van der Waals surface area contributed by atoms with Gasteiger partial charge in [0.15, 0.2) is 0 Å². The smallest absolute Gasteiger partial charge is 0.353 e. The number of nitrogens with one attached hydrogen (secondary N) is 1. The summed E-state index contributed by atoms with van der Waals surface area (Å²) in [6.07, 6.45) is 0.130. The maximum Gasteiger partial charge on any atom is 0.353 e. The Hall–Kier alpha value is -1.59. The molecule has 0 aromatic rings. The van der Waals surface area contributed by atoms with Gasteiger partial charge in [0.25, 0.3) is 5.91 Å². The van der Waals surface area contributed by atoms with E-state index in [1.807, 2.05) is 0 Å². The molecule has 6 nitrogen and oxygen atoms in total. The number of hydrogen-bond donors (Lipinski definition) is 1. The number of carbonyl (C=O) groups excluding carboxylic acids is 2. The summed E-state index contributed by atoms with van der Waals surface area (Å²) < 4.78 is 4.82. The number of carbonyl (C=O) groups is 2. The van der Waals surface area contributed by atoms with Gasteiger partial charge in [0, 0.05) is 7.05 Å². The van der Waals surface area contributed by atoms with Gasteiger partial charge in [-0.2, -0.15) is 0 Å². The first-order valence-corrected chi connectivity index (χ1v) is 4.68. The van der Waals surface area contributed by atoms with Crippen LogP contribution in [0.5, 0.6) is 0 Å². The van der Waals surface area contributed by atoms with E-state index in [9.17, 15) is 9.59 Å². The van der Waals surface area contributed by atoms with Crippen LogP contribution in [0.4, 0.5) is 0 Å². The average Bonchev–Trinajstić information content (AvgIpc) is 2.62. The Balaban J connectivity index is 2.65. The van der Waals surface area contributed by atoms with Crippen LogP contribution in [0, 0.1) is 0 Å². The molecular formula is C9H14N2O4. The zero-order chi connectivity index (χ0) is 11.5. The minimum absolute atomic E-state index is 0.130. The van der Waals surface area contributed by atoms with E-state index in [-0.39, 0.29) is 24.6 Å². The van der Waals surface area contributed by atoms with E-state index in [0.717, 1.165) is 0 Å². The van der Waals surface area contributed by atoms with E-state index in [0.29, 0.717) is 0 Å². The molecule has 0 saturated carbocycles. The van der Waals surface area contributed by atoms with Crippen LogP contribution < -0.4 is 5.32 Å². The highest BCUT2D eigenvalue weighted by Crippen LogP contribution is 2.24. The summed E-state index contributed by atoms with van der Waals surface area (Å²) in [5.41, 5.74) is -0.967. The van der Waals surface area contributed by atoms with Crippen LogP contribution in [-0.2, 0) is 19.2 Å². The van der Waals surface area contributed by atoms with Gasteiger partial charge in [-0.25, -0.2) is 4.79 Å². The maximum atomic E-state index is 11.5. The highest BCUT2D eigenvalue weighted by atomic mass is 16.7. The van der Waals surface area contributed by atoms with Crippen molar-refractivity contribution in [3.8, 4) is 0 Å². The van der Waals surface area contributed by atoms with E-state index in [2.05, 4.69) is 10.5 Å². The highest BCUT2D eigenvalue weighted by molar-refractivity contribution is 6.39. The largest absolute Gasteiger partial charge is 0.463 e. The molecule has 0 bridgehead atoms. The van der Waals surface area contributed by atoms with Crippen LogP contribution in [0.15, 0.2) is 5.16 Å². The first-order chi connectivity index (χ1) is 7.03. The van der Waals surface area contributed by atoms with Crippen molar-refractivity contribution >= 4 is 17.6 Å². The Morgan fingerprint density at radius 3 is 2.87 bits per heavy atom. The molecule has 0 aliphatic carbocycles. The fourth-order valence-electron chi connectivity index (χ4n) is 1.20. The van der Waals surface area contributed by atoms with Crippen molar-refractivity contribution in [3.63, 3.8) is 0 Å². The number of nitrogens with zero attached hydrogens (tertiary/aromatic N) is 1. The van der Waals surface area contributed by atoms with Crippen molar-refractivity contribution in [2.24, 2.45) is 5.16 Å². The van der Waals surface area contributed by atoms with E-state index in [1.54, 1.807) is 13.8 Å². The molecular weight excluding hydrogens is 200 g/mol. The van der Waals surface area contributed by atoms with Gasteiger partial charge in [0.2, 0.25) is 5.60 Å². The van der Waals surface area contributed by atoms with Crippen molar-refractivity contribution in [1.29, 1.82) is 0 Å². The Morgan fingerprint density at radius 1 is 1.67 bits per heavy atom. The van der Waals surface area contributed by atoms with Crippen molar-refractivity contribution in [2.75, 3.05) is 13.7 Å². The molecule has 0 saturated heterocycles. The first kappa shape index (κ1) is 11.5. The molecule has 0 radical (unpaired) electrons. The Kier molecular flexibility index (Phi) is 3.28. The molecule has 1 rings (SSSR count). The molecule has 1 unspecified atom stereocenters. The van der Waals surface area contributed by atoms with E-state index < -0.39 is 11.6 Å². The fraction of sp³-hybridized carbons (Fsp3) is 0.667. The van der Waals surface area contributed by atoms with Gasteiger partial charge >= 0.3 is 5.97 Å². The quantitative estimate of drug-likeness (QED) is 0.662. The topological polar surface area (TPSA) is 77.0 Å². The van der Waals surface area contributed by atoms with Gasteiger partial charge in [-0.05, 0) is 13.8 Å². The Bertz CT molecular complexity index is 313. The second kappa shape index (κ2) is 4.29. The molecule has 0 aromatic heterocycles. The lowest BCUT2D eigenvalue weighted by atomic mass is 10.00. The molecule has 1 aliphatic heterocycles. The molecule has 84 valence electrons. The van der Waals surface area contributed by atoms with Gasteiger partial charge < -0.3 is 14.9 Å². The molecule has 1 heterocycles. The predicted molar refractivity (Wildman–Crippen MR) is 52.2 cm³/mol. The van der Waals surface area contributed by atoms with Crippen LogP contribution >= 0.6 is 0 Å². The zero-order valence-corrected chi connectivity index (χ0v) is 8.99. The minimum atomic E-state index is -1.17. The normalized spacial score (nSPS) is 24.1. The first-order valence-electron chi connectivity index (χ1n) is 4.68. The lowest BCUT2D eigenvalue weighted by Gasteiger charge is -2.18. The second-order valence-electron chi connectivity index (χ2n) is 3.34. The van der Waals surface area contributed by atoms with Crippen LogP contribution in [0.1, 0.15) is 20.3 Å². The summed E-state index contributed by atoms with van der Waals surface area (Å²) in [7, 11) is 1.49. The standard InChI is InChI=1S/C9H14N2O4/c1-4-14-8(13)9(2)5-6(11-15-9)7(12)10-3/h4-5H2,1-3H3,(H,10,12). The lowest BCUT2D eigenvalue weighted by Crippen LogP contribution is -2.39. The third-order valence-electron chi connectivity index (χ3n) is 2.06. The second-order valence-corrected chi connectivity index (χ2v) is 3.34. The number of esters is 1.